The summed E-state index contributed by atoms with van der Waals surface area (Å²) in [5.41, 5.74) is 2.52. The Balaban J connectivity index is 1.69. The minimum Gasteiger partial charge on any atom is -0.368 e. The lowest BCUT2D eigenvalue weighted by Crippen LogP contribution is -2.57. The number of aromatic nitrogens is 3. The Labute approximate surface area is 205 Å². The number of pyridine rings is 1. The van der Waals surface area contributed by atoms with Crippen LogP contribution < -0.4 is 20.4 Å². The Kier molecular flexibility index (Phi) is 7.39. The Morgan fingerprint density at radius 3 is 2.80 bits per heavy atom. The first-order chi connectivity index (χ1) is 17.0. The van der Waals surface area contributed by atoms with E-state index in [1.54, 1.807) is 16.8 Å². The van der Waals surface area contributed by atoms with Crippen LogP contribution in [-0.4, -0.2) is 46.9 Å². The number of allylic oxidation sites excluding steroid dienone is 3. The Morgan fingerprint density at radius 1 is 1.26 bits per heavy atom. The zero-order chi connectivity index (χ0) is 24.9. The zero-order valence-corrected chi connectivity index (χ0v) is 20.5. The third-order valence-corrected chi connectivity index (χ3v) is 6.48. The van der Waals surface area contributed by atoms with Gasteiger partial charge in [0, 0.05) is 67.2 Å². The fraction of sp³-hybridized carbons (Fsp3) is 0.333. The molecule has 3 aromatic rings. The molecular weight excluding hydrogens is 443 g/mol. The second kappa shape index (κ2) is 10.6. The van der Waals surface area contributed by atoms with Crippen molar-refractivity contribution in [1.82, 2.24) is 14.5 Å². The second-order valence-electron chi connectivity index (χ2n) is 8.59. The zero-order valence-electron chi connectivity index (χ0n) is 20.5. The van der Waals surface area contributed by atoms with Gasteiger partial charge in [0.25, 0.3) is 5.56 Å². The van der Waals surface area contributed by atoms with Crippen molar-refractivity contribution >= 4 is 34.8 Å². The van der Waals surface area contributed by atoms with E-state index >= 15 is 0 Å². The summed E-state index contributed by atoms with van der Waals surface area (Å²) in [6, 6.07) is 11.9. The first kappa shape index (κ1) is 24.3. The fourth-order valence-corrected chi connectivity index (χ4v) is 4.63. The van der Waals surface area contributed by atoms with Gasteiger partial charge in [-0.1, -0.05) is 13.0 Å². The smallest absolute Gasteiger partial charge is 0.255 e. The van der Waals surface area contributed by atoms with E-state index in [4.69, 9.17) is 4.98 Å². The second-order valence-corrected chi connectivity index (χ2v) is 8.59. The highest BCUT2D eigenvalue weighted by molar-refractivity contribution is 5.82. The molecule has 1 atom stereocenters. The maximum absolute atomic E-state index is 14.4. The average Bonchev–Trinajstić information content (AvgIpc) is 2.87. The van der Waals surface area contributed by atoms with Gasteiger partial charge in [0.2, 0.25) is 5.95 Å². The standard InChI is InChI=1S/C27H31FN6O/c1-5-21-18-32(22-9-10-24-20(16-22)8-7-12-30-24)14-15-34(21)27-31-25(17-26(35)33(27)6-2)23(19(3)28)11-13-29-4/h7-13,16-17,21H,4-6,14-15,18H2,1-3H3/p+1/b13-11-,23-19-/t21-/m1/s1. The molecule has 8 heteroatoms. The minimum absolute atomic E-state index is 0.143. The molecule has 0 saturated carbocycles. The predicted octanol–water partition coefficient (Wildman–Crippen LogP) is 2.91. The lowest BCUT2D eigenvalue weighted by molar-refractivity contribution is -0.361. The molecule has 3 heterocycles. The largest absolute Gasteiger partial charge is 0.368 e. The van der Waals surface area contributed by atoms with Crippen molar-refractivity contribution in [1.29, 1.82) is 0 Å². The van der Waals surface area contributed by atoms with E-state index in [9.17, 15) is 9.18 Å². The van der Waals surface area contributed by atoms with Crippen LogP contribution >= 0.6 is 0 Å². The van der Waals surface area contributed by atoms with Crippen molar-refractivity contribution in [2.45, 2.75) is 39.8 Å². The van der Waals surface area contributed by atoms with Crippen molar-refractivity contribution in [3.05, 3.63) is 76.7 Å². The lowest BCUT2D eigenvalue weighted by Gasteiger charge is -2.43. The maximum Gasteiger partial charge on any atom is 0.255 e. The van der Waals surface area contributed by atoms with Gasteiger partial charge in [0.05, 0.1) is 11.2 Å². The molecule has 4 rings (SSSR count). The third-order valence-electron chi connectivity index (χ3n) is 6.48. The normalized spacial score (nSPS) is 17.2. The molecule has 0 aliphatic carbocycles. The summed E-state index contributed by atoms with van der Waals surface area (Å²) >= 11 is 0. The number of nitrogens with zero attached hydrogens (tertiary/aromatic N) is 5. The molecule has 7 nitrogen and oxygen atoms in total. The molecular formula is C27H32FN6O+. The van der Waals surface area contributed by atoms with E-state index < -0.39 is 5.83 Å². The molecule has 1 saturated heterocycles. The lowest BCUT2D eigenvalue weighted by atomic mass is 10.1. The number of rotatable bonds is 7. The first-order valence-electron chi connectivity index (χ1n) is 12.0. The van der Waals surface area contributed by atoms with Crippen LogP contribution in [0.4, 0.5) is 16.0 Å². The van der Waals surface area contributed by atoms with Crippen molar-refractivity contribution < 1.29 is 9.38 Å². The van der Waals surface area contributed by atoms with E-state index in [0.29, 0.717) is 24.7 Å². The summed E-state index contributed by atoms with van der Waals surface area (Å²) in [4.78, 5) is 29.4. The van der Waals surface area contributed by atoms with Crippen LogP contribution in [0.1, 0.15) is 32.9 Å². The van der Waals surface area contributed by atoms with Gasteiger partial charge in [-0.2, -0.15) is 0 Å². The Bertz CT molecular complexity index is 1340. The fourth-order valence-electron chi connectivity index (χ4n) is 4.63. The van der Waals surface area contributed by atoms with Crippen LogP contribution in [0.15, 0.2) is 65.5 Å². The number of hydrogen-bond donors (Lipinski definition) is 1. The number of nitrogens with one attached hydrogen (secondary N) is 1. The molecule has 0 spiro atoms. The Morgan fingerprint density at radius 2 is 2.09 bits per heavy atom. The summed E-state index contributed by atoms with van der Waals surface area (Å²) in [6.07, 6.45) is 5.76. The number of fused-ring (bicyclic) bond motifs is 1. The van der Waals surface area contributed by atoms with Crippen LogP contribution in [0, 0.1) is 0 Å². The van der Waals surface area contributed by atoms with E-state index in [-0.39, 0.29) is 17.2 Å². The Hall–Kier alpha value is -3.81. The minimum atomic E-state index is -0.411. The van der Waals surface area contributed by atoms with E-state index in [1.165, 1.54) is 19.2 Å². The third kappa shape index (κ3) is 5.01. The van der Waals surface area contributed by atoms with Crippen LogP contribution in [0.5, 0.6) is 0 Å². The van der Waals surface area contributed by atoms with Crippen LogP contribution in [0.3, 0.4) is 0 Å². The van der Waals surface area contributed by atoms with Gasteiger partial charge in [0.15, 0.2) is 6.20 Å². The summed E-state index contributed by atoms with van der Waals surface area (Å²) < 4.78 is 16.0. The molecule has 1 aliphatic heterocycles. The first-order valence-corrected chi connectivity index (χ1v) is 12.0. The van der Waals surface area contributed by atoms with E-state index in [0.717, 1.165) is 36.1 Å². The molecule has 1 fully saturated rings. The molecule has 35 heavy (non-hydrogen) atoms. The number of hydrogen-bond acceptors (Lipinski definition) is 5. The molecule has 1 aliphatic rings. The SMILES string of the molecule is C=[NH+]/C=C\C(=C(/C)F)c1cc(=O)n(CC)c(N2CCN(c3ccc4ncccc4c3)C[C@H]2CC)n1. The highest BCUT2D eigenvalue weighted by Crippen LogP contribution is 2.28. The monoisotopic (exact) mass is 475 g/mol. The summed E-state index contributed by atoms with van der Waals surface area (Å²) in [7, 11) is 0. The molecule has 0 unspecified atom stereocenters. The quantitative estimate of drug-likeness (QED) is 0.420. The van der Waals surface area contributed by atoms with Gasteiger partial charge in [-0.3, -0.25) is 14.3 Å². The van der Waals surface area contributed by atoms with Crippen molar-refractivity contribution in [3.63, 3.8) is 0 Å². The number of benzene rings is 1. The van der Waals surface area contributed by atoms with Gasteiger partial charge < -0.3 is 9.80 Å². The molecule has 1 N–H and O–H groups in total. The van der Waals surface area contributed by atoms with Gasteiger partial charge in [-0.05, 0) is 44.5 Å². The topological polar surface area (TPSA) is 68.2 Å². The van der Waals surface area contributed by atoms with E-state index in [2.05, 4.69) is 57.7 Å². The van der Waals surface area contributed by atoms with Crippen LogP contribution in [0.25, 0.3) is 16.5 Å². The van der Waals surface area contributed by atoms with Gasteiger partial charge in [-0.15, -0.1) is 0 Å². The molecule has 0 bridgehead atoms. The summed E-state index contributed by atoms with van der Waals surface area (Å²) in [5.74, 6) is 0.171. The molecule has 1 aromatic carbocycles. The molecule has 2 aromatic heterocycles. The van der Waals surface area contributed by atoms with Crippen molar-refractivity contribution in [2.24, 2.45) is 0 Å². The number of halogens is 1. The molecule has 0 radical (unpaired) electrons. The van der Waals surface area contributed by atoms with Gasteiger partial charge >= 0.3 is 0 Å². The highest BCUT2D eigenvalue weighted by Gasteiger charge is 2.29. The van der Waals surface area contributed by atoms with Gasteiger partial charge in [-0.25, -0.2) is 14.4 Å². The van der Waals surface area contributed by atoms with Crippen LogP contribution in [-0.2, 0) is 6.54 Å². The van der Waals surface area contributed by atoms with Gasteiger partial charge in [0.1, 0.15) is 12.5 Å². The van der Waals surface area contributed by atoms with E-state index in [1.807, 2.05) is 13.0 Å². The highest BCUT2D eigenvalue weighted by atomic mass is 19.1. The summed E-state index contributed by atoms with van der Waals surface area (Å²) in [5, 5.41) is 1.11. The predicted molar refractivity (Wildman–Crippen MR) is 140 cm³/mol. The molecule has 182 valence electrons. The van der Waals surface area contributed by atoms with Crippen molar-refractivity contribution in [2.75, 3.05) is 29.4 Å². The average molecular weight is 476 g/mol. The summed E-state index contributed by atoms with van der Waals surface area (Å²) in [6.45, 7) is 11.7. The number of anilines is 2. The molecule has 0 amide bonds. The van der Waals surface area contributed by atoms with Crippen molar-refractivity contribution in [3.8, 4) is 0 Å². The maximum atomic E-state index is 14.4. The number of piperazine rings is 1. The van der Waals surface area contributed by atoms with Crippen LogP contribution in [0.2, 0.25) is 0 Å².